The van der Waals surface area contributed by atoms with E-state index in [1.807, 2.05) is 62.4 Å². The van der Waals surface area contributed by atoms with Crippen LogP contribution in [0, 0.1) is 17.8 Å². The van der Waals surface area contributed by atoms with Crippen LogP contribution in [-0.2, 0) is 26.3 Å². The minimum absolute atomic E-state index is 0.0849. The van der Waals surface area contributed by atoms with Gasteiger partial charge in [0.15, 0.2) is 0 Å². The van der Waals surface area contributed by atoms with Crippen molar-refractivity contribution < 1.29 is 14.4 Å². The number of halogens is 1. The first-order valence-corrected chi connectivity index (χ1v) is 11.4. The highest BCUT2D eigenvalue weighted by molar-refractivity contribution is 9.10. The fourth-order valence-corrected chi connectivity index (χ4v) is 5.81. The Bertz CT molecular complexity index is 1090. The van der Waals surface area contributed by atoms with Crippen LogP contribution in [0.4, 0.5) is 5.69 Å². The first kappa shape index (κ1) is 20.4. The van der Waals surface area contributed by atoms with Crippen molar-refractivity contribution in [2.24, 2.45) is 17.8 Å². The summed E-state index contributed by atoms with van der Waals surface area (Å²) in [7, 11) is 0. The maximum Gasteiger partial charge on any atom is 0.250 e. The average Bonchev–Trinajstić information content (AvgIpc) is 3.33. The molecule has 0 aliphatic carbocycles. The van der Waals surface area contributed by atoms with E-state index in [9.17, 15) is 14.4 Å². The summed E-state index contributed by atoms with van der Waals surface area (Å²) in [5.74, 6) is -1.92. The SMILES string of the molecule is CC(C)[C@H]1N[C@@]2(C(=O)Nc3ccc(Br)cc32)[C@@H]2C(=O)N(CCc3ccccc3)C(=O)[C@H]12. The van der Waals surface area contributed by atoms with Gasteiger partial charge in [0, 0.05) is 28.3 Å². The third-order valence-corrected chi connectivity index (χ3v) is 7.38. The Labute approximate surface area is 189 Å². The molecule has 5 rings (SSSR count). The van der Waals surface area contributed by atoms with Crippen molar-refractivity contribution in [2.75, 3.05) is 11.9 Å². The number of imide groups is 1. The smallest absolute Gasteiger partial charge is 0.250 e. The molecule has 7 heteroatoms. The predicted octanol–water partition coefficient (Wildman–Crippen LogP) is 3.07. The third kappa shape index (κ3) is 2.90. The van der Waals surface area contributed by atoms with E-state index in [4.69, 9.17) is 0 Å². The number of amides is 3. The van der Waals surface area contributed by atoms with Crippen molar-refractivity contribution >= 4 is 39.3 Å². The zero-order valence-corrected chi connectivity index (χ0v) is 19.0. The molecule has 3 aliphatic rings. The number of nitrogens with one attached hydrogen (secondary N) is 2. The fraction of sp³-hybridized carbons (Fsp3) is 0.375. The van der Waals surface area contributed by atoms with Gasteiger partial charge in [-0.1, -0.05) is 60.1 Å². The molecule has 0 unspecified atom stereocenters. The van der Waals surface area contributed by atoms with Gasteiger partial charge < -0.3 is 5.32 Å². The standard InChI is InChI=1S/C24H24BrN3O3/c1-13(2)20-18-19(22(30)28(21(18)29)11-10-14-6-4-3-5-7-14)24(27-20)16-12-15(25)8-9-17(16)26-23(24)31/h3-9,12-13,18-20,27H,10-11H2,1-2H3,(H,26,31)/t18-,19-,20+,24+/m0/s1. The average molecular weight is 482 g/mol. The molecular formula is C24H24BrN3O3. The molecule has 0 aromatic heterocycles. The number of carbonyl (C=O) groups excluding carboxylic acids is 3. The van der Waals surface area contributed by atoms with E-state index < -0.39 is 17.4 Å². The number of nitrogens with zero attached hydrogens (tertiary/aromatic N) is 1. The highest BCUT2D eigenvalue weighted by atomic mass is 79.9. The molecule has 6 nitrogen and oxygen atoms in total. The van der Waals surface area contributed by atoms with Gasteiger partial charge in [0.2, 0.25) is 17.7 Å². The number of likely N-dealkylation sites (tertiary alicyclic amines) is 1. The van der Waals surface area contributed by atoms with Crippen molar-refractivity contribution in [3.8, 4) is 0 Å². The largest absolute Gasteiger partial charge is 0.324 e. The second kappa shape index (κ2) is 7.28. The summed E-state index contributed by atoms with van der Waals surface area (Å²) < 4.78 is 0.825. The van der Waals surface area contributed by atoms with Gasteiger partial charge >= 0.3 is 0 Å². The number of hydrogen-bond donors (Lipinski definition) is 2. The van der Waals surface area contributed by atoms with Gasteiger partial charge in [-0.05, 0) is 36.1 Å². The molecule has 1 spiro atoms. The van der Waals surface area contributed by atoms with Crippen LogP contribution in [0.2, 0.25) is 0 Å². The summed E-state index contributed by atoms with van der Waals surface area (Å²) in [6.45, 7) is 4.36. The molecule has 4 atom stereocenters. The zero-order chi connectivity index (χ0) is 21.9. The second-order valence-corrected chi connectivity index (χ2v) is 9.85. The van der Waals surface area contributed by atoms with E-state index in [1.165, 1.54) is 4.90 Å². The van der Waals surface area contributed by atoms with Crippen molar-refractivity contribution in [1.29, 1.82) is 0 Å². The molecule has 0 radical (unpaired) electrons. The van der Waals surface area contributed by atoms with Crippen LogP contribution >= 0.6 is 15.9 Å². The topological polar surface area (TPSA) is 78.5 Å². The summed E-state index contributed by atoms with van der Waals surface area (Å²) in [6, 6.07) is 15.1. The number of benzene rings is 2. The number of rotatable bonds is 4. The minimum Gasteiger partial charge on any atom is -0.324 e. The van der Waals surface area contributed by atoms with E-state index >= 15 is 0 Å². The molecule has 3 aliphatic heterocycles. The highest BCUT2D eigenvalue weighted by Crippen LogP contribution is 2.54. The molecular weight excluding hydrogens is 458 g/mol. The van der Waals surface area contributed by atoms with Crippen LogP contribution in [0.3, 0.4) is 0 Å². The van der Waals surface area contributed by atoms with Crippen molar-refractivity contribution in [1.82, 2.24) is 10.2 Å². The lowest BCUT2D eigenvalue weighted by atomic mass is 9.76. The Hall–Kier alpha value is -2.51. The fourth-order valence-electron chi connectivity index (χ4n) is 5.44. The molecule has 0 bridgehead atoms. The first-order chi connectivity index (χ1) is 14.8. The Kier molecular flexibility index (Phi) is 4.79. The quantitative estimate of drug-likeness (QED) is 0.657. The van der Waals surface area contributed by atoms with E-state index in [-0.39, 0.29) is 29.7 Å². The zero-order valence-electron chi connectivity index (χ0n) is 17.4. The number of carbonyl (C=O) groups is 3. The normalized spacial score (nSPS) is 29.1. The van der Waals surface area contributed by atoms with E-state index in [2.05, 4.69) is 26.6 Å². The van der Waals surface area contributed by atoms with Crippen molar-refractivity contribution in [3.63, 3.8) is 0 Å². The van der Waals surface area contributed by atoms with Crippen molar-refractivity contribution in [2.45, 2.75) is 31.8 Å². The van der Waals surface area contributed by atoms with Crippen molar-refractivity contribution in [3.05, 3.63) is 64.1 Å². The van der Waals surface area contributed by atoms with E-state index in [0.717, 1.165) is 15.6 Å². The van der Waals surface area contributed by atoms with Gasteiger partial charge in [-0.25, -0.2) is 0 Å². The number of hydrogen-bond acceptors (Lipinski definition) is 4. The van der Waals surface area contributed by atoms with Crippen LogP contribution in [-0.4, -0.2) is 35.2 Å². The Morgan fingerprint density at radius 1 is 1.06 bits per heavy atom. The predicted molar refractivity (Wildman–Crippen MR) is 120 cm³/mol. The maximum atomic E-state index is 13.7. The lowest BCUT2D eigenvalue weighted by molar-refractivity contribution is -0.142. The summed E-state index contributed by atoms with van der Waals surface area (Å²) in [5, 5.41) is 6.39. The maximum absolute atomic E-state index is 13.7. The monoisotopic (exact) mass is 481 g/mol. The molecule has 2 N–H and O–H groups in total. The van der Waals surface area contributed by atoms with Gasteiger partial charge in [0.25, 0.3) is 0 Å². The molecule has 31 heavy (non-hydrogen) atoms. The first-order valence-electron chi connectivity index (χ1n) is 10.6. The van der Waals surface area contributed by atoms with Crippen LogP contribution in [0.1, 0.15) is 25.0 Å². The molecule has 2 aromatic rings. The number of anilines is 1. The summed E-state index contributed by atoms with van der Waals surface area (Å²) in [4.78, 5) is 41.9. The minimum atomic E-state index is -1.23. The molecule has 160 valence electrons. The highest BCUT2D eigenvalue weighted by Gasteiger charge is 2.70. The molecule has 2 aromatic carbocycles. The Balaban J connectivity index is 1.55. The van der Waals surface area contributed by atoms with Gasteiger partial charge in [0.05, 0.1) is 11.8 Å². The lowest BCUT2D eigenvalue weighted by Gasteiger charge is -2.30. The Morgan fingerprint density at radius 3 is 2.52 bits per heavy atom. The lowest BCUT2D eigenvalue weighted by Crippen LogP contribution is -2.54. The number of fused-ring (bicyclic) bond motifs is 4. The van der Waals surface area contributed by atoms with Crippen LogP contribution in [0.15, 0.2) is 53.0 Å². The molecule has 2 saturated heterocycles. The Morgan fingerprint density at radius 2 is 1.81 bits per heavy atom. The van der Waals surface area contributed by atoms with Gasteiger partial charge in [-0.15, -0.1) is 0 Å². The van der Waals surface area contributed by atoms with E-state index in [0.29, 0.717) is 18.7 Å². The summed E-state index contributed by atoms with van der Waals surface area (Å²) >= 11 is 3.49. The van der Waals surface area contributed by atoms with Gasteiger partial charge in [0.1, 0.15) is 5.54 Å². The summed E-state index contributed by atoms with van der Waals surface area (Å²) in [5.41, 5.74) is 1.26. The summed E-state index contributed by atoms with van der Waals surface area (Å²) in [6.07, 6.45) is 0.596. The van der Waals surface area contributed by atoms with E-state index in [1.54, 1.807) is 0 Å². The molecule has 0 saturated carbocycles. The molecule has 3 amide bonds. The third-order valence-electron chi connectivity index (χ3n) is 6.89. The van der Waals surface area contributed by atoms with Gasteiger partial charge in [-0.3, -0.25) is 24.6 Å². The van der Waals surface area contributed by atoms with Crippen LogP contribution in [0.25, 0.3) is 0 Å². The van der Waals surface area contributed by atoms with Crippen LogP contribution in [0.5, 0.6) is 0 Å². The second-order valence-electron chi connectivity index (χ2n) is 8.93. The molecule has 3 heterocycles. The molecule has 2 fully saturated rings. The van der Waals surface area contributed by atoms with Crippen LogP contribution < -0.4 is 10.6 Å². The van der Waals surface area contributed by atoms with Gasteiger partial charge in [-0.2, -0.15) is 0 Å².